The summed E-state index contributed by atoms with van der Waals surface area (Å²) in [5.41, 5.74) is 0.647. The van der Waals surface area contributed by atoms with Crippen molar-refractivity contribution >= 4 is 5.97 Å². The molecule has 82 valence electrons. The number of phenolic OH excluding ortho intramolecular Hbond substituents is 1. The molecule has 0 radical (unpaired) electrons. The van der Waals surface area contributed by atoms with Crippen molar-refractivity contribution < 1.29 is 15.0 Å². The quantitative estimate of drug-likeness (QED) is 0.687. The van der Waals surface area contributed by atoms with Crippen LogP contribution in [0, 0.1) is 0 Å². The van der Waals surface area contributed by atoms with Gasteiger partial charge in [-0.25, -0.2) is 0 Å². The summed E-state index contributed by atoms with van der Waals surface area (Å²) in [7, 11) is 0. The zero-order chi connectivity index (χ0) is 11.3. The monoisotopic (exact) mass is 209 g/mol. The van der Waals surface area contributed by atoms with E-state index in [1.807, 2.05) is 6.92 Å². The van der Waals surface area contributed by atoms with E-state index in [9.17, 15) is 4.79 Å². The predicted molar refractivity (Wildman–Crippen MR) is 56.8 cm³/mol. The highest BCUT2D eigenvalue weighted by atomic mass is 16.4. The van der Waals surface area contributed by atoms with Gasteiger partial charge in [-0.05, 0) is 30.7 Å². The van der Waals surface area contributed by atoms with Crippen molar-refractivity contribution in [3.63, 3.8) is 0 Å². The second-order valence-corrected chi connectivity index (χ2v) is 3.32. The standard InChI is InChI=1S/C11H15NO3/c1-2-7-12-10(11(14)15)8-3-5-9(13)6-4-8/h3-6,10,12-13H,2,7H2,1H3,(H,14,15). The smallest absolute Gasteiger partial charge is 0.325 e. The number of rotatable bonds is 5. The summed E-state index contributed by atoms with van der Waals surface area (Å²) in [4.78, 5) is 11.0. The first-order valence-corrected chi connectivity index (χ1v) is 4.90. The van der Waals surface area contributed by atoms with Gasteiger partial charge in [-0.2, -0.15) is 0 Å². The number of carboxylic acids is 1. The van der Waals surface area contributed by atoms with Crippen LogP contribution >= 0.6 is 0 Å². The third-order valence-corrected chi connectivity index (χ3v) is 2.07. The molecule has 0 bridgehead atoms. The normalized spacial score (nSPS) is 12.3. The fourth-order valence-electron chi connectivity index (χ4n) is 1.30. The van der Waals surface area contributed by atoms with Crippen molar-refractivity contribution in [2.45, 2.75) is 19.4 Å². The van der Waals surface area contributed by atoms with E-state index in [0.29, 0.717) is 12.1 Å². The zero-order valence-corrected chi connectivity index (χ0v) is 8.60. The van der Waals surface area contributed by atoms with Crippen LogP contribution in [-0.4, -0.2) is 22.7 Å². The Morgan fingerprint density at radius 1 is 1.40 bits per heavy atom. The lowest BCUT2D eigenvalue weighted by molar-refractivity contribution is -0.139. The predicted octanol–water partition coefficient (Wildman–Crippen LogP) is 1.52. The molecule has 0 saturated heterocycles. The van der Waals surface area contributed by atoms with Crippen molar-refractivity contribution in [1.82, 2.24) is 5.32 Å². The highest BCUT2D eigenvalue weighted by Gasteiger charge is 2.18. The van der Waals surface area contributed by atoms with Gasteiger partial charge >= 0.3 is 5.97 Å². The maximum absolute atomic E-state index is 11.0. The molecule has 0 saturated carbocycles. The van der Waals surface area contributed by atoms with E-state index in [-0.39, 0.29) is 5.75 Å². The average Bonchev–Trinajstić information content (AvgIpc) is 2.21. The molecule has 1 atom stereocenters. The number of hydrogen-bond donors (Lipinski definition) is 3. The van der Waals surface area contributed by atoms with E-state index in [1.54, 1.807) is 12.1 Å². The summed E-state index contributed by atoms with van der Waals surface area (Å²) in [6.45, 7) is 2.63. The Hall–Kier alpha value is -1.55. The Balaban J connectivity index is 2.79. The van der Waals surface area contributed by atoms with Crippen molar-refractivity contribution in [3.8, 4) is 5.75 Å². The second-order valence-electron chi connectivity index (χ2n) is 3.32. The lowest BCUT2D eigenvalue weighted by Crippen LogP contribution is -2.28. The fourth-order valence-corrected chi connectivity index (χ4v) is 1.30. The average molecular weight is 209 g/mol. The van der Waals surface area contributed by atoms with Crippen LogP contribution in [0.2, 0.25) is 0 Å². The number of aromatic hydroxyl groups is 1. The van der Waals surface area contributed by atoms with Gasteiger partial charge in [0.05, 0.1) is 0 Å². The molecule has 3 N–H and O–H groups in total. The molecule has 1 unspecified atom stereocenters. The first kappa shape index (κ1) is 11.5. The van der Waals surface area contributed by atoms with Crippen LogP contribution in [0.5, 0.6) is 5.75 Å². The molecule has 1 aromatic carbocycles. The topological polar surface area (TPSA) is 69.6 Å². The number of carbonyl (C=O) groups is 1. The summed E-state index contributed by atoms with van der Waals surface area (Å²) in [5.74, 6) is -0.771. The van der Waals surface area contributed by atoms with Gasteiger partial charge in [0.25, 0.3) is 0 Å². The maximum atomic E-state index is 11.0. The van der Waals surface area contributed by atoms with Crippen LogP contribution in [0.3, 0.4) is 0 Å². The molecule has 4 nitrogen and oxygen atoms in total. The Morgan fingerprint density at radius 2 is 2.00 bits per heavy atom. The third kappa shape index (κ3) is 3.25. The van der Waals surface area contributed by atoms with E-state index in [4.69, 9.17) is 10.2 Å². The summed E-state index contributed by atoms with van der Waals surface area (Å²) in [6, 6.07) is 5.48. The second kappa shape index (κ2) is 5.36. The fraction of sp³-hybridized carbons (Fsp3) is 0.364. The molecule has 1 rings (SSSR count). The van der Waals surface area contributed by atoms with Crippen molar-refractivity contribution in [3.05, 3.63) is 29.8 Å². The Morgan fingerprint density at radius 3 is 2.47 bits per heavy atom. The molecule has 0 aromatic heterocycles. The van der Waals surface area contributed by atoms with Crippen LogP contribution in [0.25, 0.3) is 0 Å². The zero-order valence-electron chi connectivity index (χ0n) is 8.60. The molecule has 1 aromatic rings. The van der Waals surface area contributed by atoms with Gasteiger partial charge in [-0.3, -0.25) is 4.79 Å². The molecular weight excluding hydrogens is 194 g/mol. The number of carboxylic acid groups (broad SMARTS) is 1. The van der Waals surface area contributed by atoms with Crippen LogP contribution in [0.1, 0.15) is 24.9 Å². The Bertz CT molecular complexity index is 321. The molecule has 0 amide bonds. The van der Waals surface area contributed by atoms with E-state index in [1.165, 1.54) is 12.1 Å². The van der Waals surface area contributed by atoms with E-state index in [2.05, 4.69) is 5.32 Å². The van der Waals surface area contributed by atoms with Gasteiger partial charge in [0.15, 0.2) is 0 Å². The Labute approximate surface area is 88.6 Å². The molecule has 0 fully saturated rings. The van der Waals surface area contributed by atoms with Gasteiger partial charge in [0.1, 0.15) is 11.8 Å². The van der Waals surface area contributed by atoms with Gasteiger partial charge in [-0.1, -0.05) is 19.1 Å². The summed E-state index contributed by atoms with van der Waals surface area (Å²) >= 11 is 0. The van der Waals surface area contributed by atoms with Gasteiger partial charge in [0, 0.05) is 0 Å². The first-order valence-electron chi connectivity index (χ1n) is 4.90. The summed E-state index contributed by atoms with van der Waals surface area (Å²) in [5, 5.41) is 21.0. The molecule has 0 aliphatic carbocycles. The number of hydrogen-bond acceptors (Lipinski definition) is 3. The van der Waals surface area contributed by atoms with Crippen molar-refractivity contribution in [2.24, 2.45) is 0 Å². The van der Waals surface area contributed by atoms with Crippen molar-refractivity contribution in [2.75, 3.05) is 6.54 Å². The summed E-state index contributed by atoms with van der Waals surface area (Å²) in [6.07, 6.45) is 0.877. The Kier molecular flexibility index (Phi) is 4.12. The lowest BCUT2D eigenvalue weighted by Gasteiger charge is -2.14. The minimum atomic E-state index is -0.908. The molecule has 0 heterocycles. The molecular formula is C11H15NO3. The van der Waals surface area contributed by atoms with Crippen LogP contribution in [0.15, 0.2) is 24.3 Å². The van der Waals surface area contributed by atoms with Crippen molar-refractivity contribution in [1.29, 1.82) is 0 Å². The molecule has 0 aliphatic heterocycles. The van der Waals surface area contributed by atoms with E-state index in [0.717, 1.165) is 6.42 Å². The largest absolute Gasteiger partial charge is 0.508 e. The van der Waals surface area contributed by atoms with Crippen LogP contribution in [-0.2, 0) is 4.79 Å². The van der Waals surface area contributed by atoms with Crippen LogP contribution in [0.4, 0.5) is 0 Å². The first-order chi connectivity index (χ1) is 7.15. The highest BCUT2D eigenvalue weighted by Crippen LogP contribution is 2.17. The van der Waals surface area contributed by atoms with Gasteiger partial charge in [0.2, 0.25) is 0 Å². The minimum absolute atomic E-state index is 0.137. The molecule has 0 spiro atoms. The van der Waals surface area contributed by atoms with Crippen LogP contribution < -0.4 is 5.32 Å². The number of nitrogens with one attached hydrogen (secondary N) is 1. The SMILES string of the molecule is CCCNC(C(=O)O)c1ccc(O)cc1. The number of aliphatic carboxylic acids is 1. The lowest BCUT2D eigenvalue weighted by atomic mass is 10.1. The molecule has 15 heavy (non-hydrogen) atoms. The number of benzene rings is 1. The summed E-state index contributed by atoms with van der Waals surface area (Å²) < 4.78 is 0. The van der Waals surface area contributed by atoms with E-state index >= 15 is 0 Å². The third-order valence-electron chi connectivity index (χ3n) is 2.07. The highest BCUT2D eigenvalue weighted by molar-refractivity contribution is 5.75. The van der Waals surface area contributed by atoms with Gasteiger partial charge < -0.3 is 15.5 Å². The molecule has 4 heteroatoms. The van der Waals surface area contributed by atoms with E-state index < -0.39 is 12.0 Å². The molecule has 0 aliphatic rings. The van der Waals surface area contributed by atoms with Gasteiger partial charge in [-0.15, -0.1) is 0 Å². The number of phenols is 1. The maximum Gasteiger partial charge on any atom is 0.325 e. The minimum Gasteiger partial charge on any atom is -0.508 e.